The molecule has 0 aliphatic heterocycles. The highest BCUT2D eigenvalue weighted by Gasteiger charge is 2.10. The molecule has 0 amide bonds. The van der Waals surface area contributed by atoms with E-state index in [1.54, 1.807) is 6.07 Å². The van der Waals surface area contributed by atoms with E-state index < -0.39 is 0 Å². The Morgan fingerprint density at radius 2 is 2.42 bits per heavy atom. The van der Waals surface area contributed by atoms with Gasteiger partial charge in [-0.3, -0.25) is 0 Å². The molecular weight excluding hydrogens is 224 g/mol. The normalized spacial score (nSPS) is 10.5. The molecule has 0 atom stereocenters. The molecule has 2 heterocycles. The van der Waals surface area contributed by atoms with Crippen LogP contribution in [0, 0.1) is 6.92 Å². The average Bonchev–Trinajstić information content (AvgIpc) is 2.58. The lowest BCUT2D eigenvalue weighted by Gasteiger charge is -1.86. The summed E-state index contributed by atoms with van der Waals surface area (Å²) in [4.78, 5) is 0. The Labute approximate surface area is 76.3 Å². The summed E-state index contributed by atoms with van der Waals surface area (Å²) in [6.45, 7) is 1.84. The van der Waals surface area contributed by atoms with Gasteiger partial charge in [0, 0.05) is 6.07 Å². The molecule has 0 saturated heterocycles. The zero-order chi connectivity index (χ0) is 8.55. The summed E-state index contributed by atoms with van der Waals surface area (Å²) in [5.74, 6) is 1.31. The number of hydrogen-bond donors (Lipinski definition) is 1. The van der Waals surface area contributed by atoms with E-state index >= 15 is 0 Å². The molecule has 0 fully saturated rings. The van der Waals surface area contributed by atoms with Gasteiger partial charge in [0.05, 0.1) is 5.56 Å². The third kappa shape index (κ3) is 1.14. The molecule has 0 unspecified atom stereocenters. The van der Waals surface area contributed by atoms with Crippen LogP contribution in [0.1, 0.15) is 5.76 Å². The SMILES string of the molecule is Cc1oc(Br)cc1-c1nn[nH]n1. The summed E-state index contributed by atoms with van der Waals surface area (Å²) >= 11 is 3.22. The molecule has 2 aromatic heterocycles. The Hall–Kier alpha value is -1.17. The zero-order valence-electron chi connectivity index (χ0n) is 6.21. The number of hydrogen-bond acceptors (Lipinski definition) is 4. The summed E-state index contributed by atoms with van der Waals surface area (Å²) in [5, 5.41) is 13.5. The molecule has 12 heavy (non-hydrogen) atoms. The van der Waals surface area contributed by atoms with E-state index in [0.717, 1.165) is 11.3 Å². The molecule has 0 aromatic carbocycles. The van der Waals surface area contributed by atoms with Crippen LogP contribution < -0.4 is 0 Å². The first-order valence-corrected chi connectivity index (χ1v) is 4.06. The number of aromatic amines is 1. The number of rotatable bonds is 1. The van der Waals surface area contributed by atoms with Gasteiger partial charge in [-0.2, -0.15) is 5.21 Å². The average molecular weight is 229 g/mol. The second-order valence-corrected chi connectivity index (χ2v) is 3.04. The highest BCUT2D eigenvalue weighted by atomic mass is 79.9. The monoisotopic (exact) mass is 228 g/mol. The van der Waals surface area contributed by atoms with E-state index in [1.807, 2.05) is 6.92 Å². The standard InChI is InChI=1S/C6H5BrN4O/c1-3-4(2-5(7)12-3)6-8-10-11-9-6/h2H,1H3,(H,8,9,10,11). The Morgan fingerprint density at radius 3 is 2.92 bits per heavy atom. The number of nitrogens with one attached hydrogen (secondary N) is 1. The third-order valence-electron chi connectivity index (χ3n) is 1.47. The smallest absolute Gasteiger partial charge is 0.208 e. The minimum atomic E-state index is 0.543. The van der Waals surface area contributed by atoms with Crippen LogP contribution in [0.4, 0.5) is 0 Å². The number of halogens is 1. The third-order valence-corrected chi connectivity index (χ3v) is 1.86. The molecule has 2 rings (SSSR count). The van der Waals surface area contributed by atoms with Crippen LogP contribution in [-0.4, -0.2) is 20.6 Å². The summed E-state index contributed by atoms with van der Waals surface area (Å²) in [6, 6.07) is 1.81. The van der Waals surface area contributed by atoms with E-state index in [-0.39, 0.29) is 0 Å². The first kappa shape index (κ1) is 7.48. The van der Waals surface area contributed by atoms with E-state index in [4.69, 9.17) is 4.42 Å². The minimum Gasteiger partial charge on any atom is -0.454 e. The van der Waals surface area contributed by atoms with E-state index in [1.165, 1.54) is 0 Å². The molecule has 5 nitrogen and oxygen atoms in total. The van der Waals surface area contributed by atoms with Crippen LogP contribution in [0.5, 0.6) is 0 Å². The maximum atomic E-state index is 5.23. The van der Waals surface area contributed by atoms with Crippen LogP contribution in [0.25, 0.3) is 11.4 Å². The zero-order valence-corrected chi connectivity index (χ0v) is 7.79. The molecule has 2 aromatic rings. The lowest BCUT2D eigenvalue weighted by Crippen LogP contribution is -1.79. The summed E-state index contributed by atoms with van der Waals surface area (Å²) < 4.78 is 5.90. The van der Waals surface area contributed by atoms with Crippen molar-refractivity contribution in [3.8, 4) is 11.4 Å². The summed E-state index contributed by atoms with van der Waals surface area (Å²) in [5.41, 5.74) is 0.843. The number of nitrogens with zero attached hydrogens (tertiary/aromatic N) is 3. The highest BCUT2D eigenvalue weighted by Crippen LogP contribution is 2.25. The predicted molar refractivity (Wildman–Crippen MR) is 44.3 cm³/mol. The molecule has 6 heteroatoms. The molecule has 0 radical (unpaired) electrons. The van der Waals surface area contributed by atoms with Crippen LogP contribution >= 0.6 is 15.9 Å². The van der Waals surface area contributed by atoms with Gasteiger partial charge in [-0.05, 0) is 28.1 Å². The van der Waals surface area contributed by atoms with Crippen molar-refractivity contribution in [2.75, 3.05) is 0 Å². The number of furan rings is 1. The number of aromatic nitrogens is 4. The summed E-state index contributed by atoms with van der Waals surface area (Å²) in [6.07, 6.45) is 0. The first-order valence-electron chi connectivity index (χ1n) is 3.27. The molecule has 0 saturated carbocycles. The lowest BCUT2D eigenvalue weighted by molar-refractivity contribution is 0.511. The number of aryl methyl sites for hydroxylation is 1. The molecule has 1 N–H and O–H groups in total. The van der Waals surface area contributed by atoms with Crippen molar-refractivity contribution in [3.63, 3.8) is 0 Å². The van der Waals surface area contributed by atoms with Gasteiger partial charge in [0.2, 0.25) is 5.82 Å². The topological polar surface area (TPSA) is 67.6 Å². The lowest BCUT2D eigenvalue weighted by atomic mass is 10.2. The Bertz CT molecular complexity index is 380. The summed E-state index contributed by atoms with van der Waals surface area (Å²) in [7, 11) is 0. The Kier molecular flexibility index (Phi) is 1.69. The van der Waals surface area contributed by atoms with Crippen molar-refractivity contribution in [2.45, 2.75) is 6.92 Å². The molecule has 0 aliphatic rings. The first-order chi connectivity index (χ1) is 5.77. The second-order valence-electron chi connectivity index (χ2n) is 2.26. The van der Waals surface area contributed by atoms with E-state index in [0.29, 0.717) is 10.5 Å². The fourth-order valence-electron chi connectivity index (χ4n) is 0.944. The van der Waals surface area contributed by atoms with Crippen LogP contribution in [0.15, 0.2) is 15.2 Å². The predicted octanol–water partition coefficient (Wildman–Crippen LogP) is 1.53. The van der Waals surface area contributed by atoms with E-state index in [9.17, 15) is 0 Å². The van der Waals surface area contributed by atoms with Crippen molar-refractivity contribution in [1.82, 2.24) is 20.6 Å². The largest absolute Gasteiger partial charge is 0.454 e. The Balaban J connectivity index is 2.54. The molecular formula is C6H5BrN4O. The molecule has 0 aliphatic carbocycles. The van der Waals surface area contributed by atoms with Crippen molar-refractivity contribution >= 4 is 15.9 Å². The minimum absolute atomic E-state index is 0.543. The van der Waals surface area contributed by atoms with Gasteiger partial charge in [0.15, 0.2) is 4.67 Å². The quantitative estimate of drug-likeness (QED) is 0.804. The Morgan fingerprint density at radius 1 is 1.58 bits per heavy atom. The fraction of sp³-hybridized carbons (Fsp3) is 0.167. The van der Waals surface area contributed by atoms with Gasteiger partial charge in [0.25, 0.3) is 0 Å². The van der Waals surface area contributed by atoms with Crippen LogP contribution in [0.2, 0.25) is 0 Å². The molecule has 0 spiro atoms. The van der Waals surface area contributed by atoms with Gasteiger partial charge in [-0.15, -0.1) is 10.2 Å². The van der Waals surface area contributed by atoms with Gasteiger partial charge in [0.1, 0.15) is 5.76 Å². The number of tetrazole rings is 1. The molecule has 0 bridgehead atoms. The van der Waals surface area contributed by atoms with Gasteiger partial charge < -0.3 is 4.42 Å². The van der Waals surface area contributed by atoms with Gasteiger partial charge >= 0.3 is 0 Å². The number of H-pyrrole nitrogens is 1. The van der Waals surface area contributed by atoms with Crippen molar-refractivity contribution in [3.05, 3.63) is 16.5 Å². The van der Waals surface area contributed by atoms with Crippen LogP contribution in [-0.2, 0) is 0 Å². The van der Waals surface area contributed by atoms with Crippen molar-refractivity contribution in [1.29, 1.82) is 0 Å². The van der Waals surface area contributed by atoms with E-state index in [2.05, 4.69) is 36.6 Å². The maximum absolute atomic E-state index is 5.23. The maximum Gasteiger partial charge on any atom is 0.208 e. The molecule has 62 valence electrons. The van der Waals surface area contributed by atoms with Gasteiger partial charge in [-0.25, -0.2) is 0 Å². The fourth-order valence-corrected chi connectivity index (χ4v) is 1.42. The van der Waals surface area contributed by atoms with Crippen molar-refractivity contribution < 1.29 is 4.42 Å². The second kappa shape index (κ2) is 2.71. The van der Waals surface area contributed by atoms with Crippen molar-refractivity contribution in [2.24, 2.45) is 0 Å². The van der Waals surface area contributed by atoms with Crippen LogP contribution in [0.3, 0.4) is 0 Å². The van der Waals surface area contributed by atoms with Gasteiger partial charge in [-0.1, -0.05) is 0 Å². The highest BCUT2D eigenvalue weighted by molar-refractivity contribution is 9.10.